The first-order chi connectivity index (χ1) is 7.67. The van der Waals surface area contributed by atoms with Gasteiger partial charge in [-0.15, -0.1) is 0 Å². The first kappa shape index (κ1) is 11.5. The van der Waals surface area contributed by atoms with E-state index in [0.29, 0.717) is 0 Å². The number of hydrogen-bond acceptors (Lipinski definition) is 4. The Morgan fingerprint density at radius 1 is 1.31 bits per heavy atom. The van der Waals surface area contributed by atoms with Crippen molar-refractivity contribution in [3.8, 4) is 0 Å². The van der Waals surface area contributed by atoms with Crippen molar-refractivity contribution in [1.82, 2.24) is 14.9 Å². The summed E-state index contributed by atoms with van der Waals surface area (Å²) in [5, 5.41) is 0. The predicted octanol–water partition coefficient (Wildman–Crippen LogP) is 1.35. The molecule has 4 nitrogen and oxygen atoms in total. The molecule has 0 spiro atoms. The second-order valence-corrected chi connectivity index (χ2v) is 4.81. The number of nitrogens with two attached hydrogens (primary N) is 1. The Morgan fingerprint density at radius 2 is 2.00 bits per heavy atom. The average molecular weight is 220 g/mol. The Kier molecular flexibility index (Phi) is 3.21. The van der Waals surface area contributed by atoms with E-state index in [1.54, 1.807) is 18.6 Å². The zero-order valence-corrected chi connectivity index (χ0v) is 10.1. The van der Waals surface area contributed by atoms with E-state index in [1.807, 2.05) is 0 Å². The van der Waals surface area contributed by atoms with Crippen molar-refractivity contribution >= 4 is 0 Å². The molecule has 4 heteroatoms. The summed E-state index contributed by atoms with van der Waals surface area (Å²) in [5.74, 6) is 0. The van der Waals surface area contributed by atoms with Crippen molar-refractivity contribution in [2.45, 2.75) is 37.3 Å². The van der Waals surface area contributed by atoms with Gasteiger partial charge in [0, 0.05) is 17.9 Å². The van der Waals surface area contributed by atoms with Crippen LogP contribution < -0.4 is 5.73 Å². The second-order valence-electron chi connectivity index (χ2n) is 4.81. The lowest BCUT2D eigenvalue weighted by Gasteiger charge is -2.41. The normalized spacial score (nSPS) is 21.2. The van der Waals surface area contributed by atoms with Gasteiger partial charge in [0.15, 0.2) is 0 Å². The second kappa shape index (κ2) is 4.47. The molecule has 1 unspecified atom stereocenters. The van der Waals surface area contributed by atoms with E-state index >= 15 is 0 Å². The van der Waals surface area contributed by atoms with E-state index < -0.39 is 0 Å². The molecular weight excluding hydrogens is 200 g/mol. The molecule has 0 aliphatic heterocycles. The Morgan fingerprint density at radius 3 is 2.50 bits per heavy atom. The van der Waals surface area contributed by atoms with Gasteiger partial charge in [0.1, 0.15) is 0 Å². The van der Waals surface area contributed by atoms with Gasteiger partial charge in [-0.05, 0) is 26.9 Å². The largest absolute Gasteiger partial charge is 0.321 e. The summed E-state index contributed by atoms with van der Waals surface area (Å²) in [4.78, 5) is 10.7. The molecule has 1 heterocycles. The molecule has 16 heavy (non-hydrogen) atoms. The highest BCUT2D eigenvalue weighted by atomic mass is 15.2. The molecule has 88 valence electrons. The van der Waals surface area contributed by atoms with Gasteiger partial charge in [0.25, 0.3) is 0 Å². The Labute approximate surface area is 96.9 Å². The number of likely N-dealkylation sites (N-methyl/N-ethyl adjacent to an activating group) is 1. The van der Waals surface area contributed by atoms with Gasteiger partial charge < -0.3 is 10.6 Å². The average Bonchev–Trinajstić information content (AvgIpc) is 2.79. The minimum Gasteiger partial charge on any atom is -0.321 e. The molecule has 2 N–H and O–H groups in total. The van der Waals surface area contributed by atoms with Gasteiger partial charge in [-0.3, -0.25) is 9.97 Å². The van der Waals surface area contributed by atoms with Crippen LogP contribution in [0.3, 0.4) is 0 Å². The lowest BCUT2D eigenvalue weighted by Crippen LogP contribution is -2.50. The summed E-state index contributed by atoms with van der Waals surface area (Å²) >= 11 is 0. The van der Waals surface area contributed by atoms with Crippen molar-refractivity contribution in [3.05, 3.63) is 24.3 Å². The van der Waals surface area contributed by atoms with E-state index in [1.165, 1.54) is 12.8 Å². The summed E-state index contributed by atoms with van der Waals surface area (Å²) in [5.41, 5.74) is 7.36. The smallest absolute Gasteiger partial charge is 0.0772 e. The number of nitrogens with zero attached hydrogens (tertiary/aromatic N) is 3. The van der Waals surface area contributed by atoms with Crippen LogP contribution in [0.4, 0.5) is 0 Å². The van der Waals surface area contributed by atoms with Crippen LogP contribution in [-0.4, -0.2) is 34.5 Å². The maximum absolute atomic E-state index is 6.39. The van der Waals surface area contributed by atoms with E-state index in [4.69, 9.17) is 5.73 Å². The standard InChI is InChI=1S/C12H20N4/c1-16(2)12(5-3-4-6-12)11(13)10-9-14-7-8-15-10/h7-9,11H,3-6,13H2,1-2H3. The van der Waals surface area contributed by atoms with Crippen LogP contribution in [0.2, 0.25) is 0 Å². The minimum absolute atomic E-state index is 0.0429. The predicted molar refractivity (Wildman–Crippen MR) is 63.8 cm³/mol. The van der Waals surface area contributed by atoms with Crippen LogP contribution >= 0.6 is 0 Å². The summed E-state index contributed by atoms with van der Waals surface area (Å²) in [7, 11) is 4.23. The minimum atomic E-state index is -0.0429. The molecule has 0 radical (unpaired) electrons. The van der Waals surface area contributed by atoms with Crippen LogP contribution in [0.25, 0.3) is 0 Å². The molecular formula is C12H20N4. The van der Waals surface area contributed by atoms with Gasteiger partial charge in [-0.2, -0.15) is 0 Å². The fourth-order valence-electron chi connectivity index (χ4n) is 2.77. The first-order valence-corrected chi connectivity index (χ1v) is 5.86. The van der Waals surface area contributed by atoms with E-state index in [-0.39, 0.29) is 11.6 Å². The van der Waals surface area contributed by atoms with Gasteiger partial charge in [0.05, 0.1) is 17.9 Å². The molecule has 1 aliphatic carbocycles. The molecule has 0 amide bonds. The highest BCUT2D eigenvalue weighted by Crippen LogP contribution is 2.41. The van der Waals surface area contributed by atoms with E-state index in [0.717, 1.165) is 18.5 Å². The molecule has 1 aromatic rings. The molecule has 0 aromatic carbocycles. The lowest BCUT2D eigenvalue weighted by molar-refractivity contribution is 0.121. The monoisotopic (exact) mass is 220 g/mol. The Balaban J connectivity index is 2.28. The number of rotatable bonds is 3. The maximum Gasteiger partial charge on any atom is 0.0772 e. The lowest BCUT2D eigenvalue weighted by atomic mass is 9.85. The summed E-state index contributed by atoms with van der Waals surface area (Å²) in [6.07, 6.45) is 10.0. The molecule has 1 aromatic heterocycles. The maximum atomic E-state index is 6.39. The van der Waals surface area contributed by atoms with Crippen LogP contribution in [0, 0.1) is 0 Å². The fourth-order valence-corrected chi connectivity index (χ4v) is 2.77. The van der Waals surface area contributed by atoms with E-state index in [9.17, 15) is 0 Å². The van der Waals surface area contributed by atoms with Gasteiger partial charge in [-0.1, -0.05) is 12.8 Å². The van der Waals surface area contributed by atoms with E-state index in [2.05, 4.69) is 29.0 Å². The zero-order chi connectivity index (χ0) is 11.6. The van der Waals surface area contributed by atoms with Gasteiger partial charge in [0.2, 0.25) is 0 Å². The van der Waals surface area contributed by atoms with Crippen molar-refractivity contribution in [2.24, 2.45) is 5.73 Å². The Hall–Kier alpha value is -1.00. The summed E-state index contributed by atoms with van der Waals surface area (Å²) in [6, 6.07) is -0.0429. The summed E-state index contributed by atoms with van der Waals surface area (Å²) in [6.45, 7) is 0. The number of hydrogen-bond donors (Lipinski definition) is 1. The molecule has 1 saturated carbocycles. The molecule has 1 atom stereocenters. The quantitative estimate of drug-likeness (QED) is 0.835. The molecule has 2 rings (SSSR count). The molecule has 1 aliphatic rings. The molecule has 1 fully saturated rings. The third kappa shape index (κ3) is 1.83. The van der Waals surface area contributed by atoms with Gasteiger partial charge >= 0.3 is 0 Å². The van der Waals surface area contributed by atoms with Gasteiger partial charge in [-0.25, -0.2) is 0 Å². The van der Waals surface area contributed by atoms with Crippen molar-refractivity contribution in [1.29, 1.82) is 0 Å². The zero-order valence-electron chi connectivity index (χ0n) is 10.1. The van der Waals surface area contributed by atoms with Crippen molar-refractivity contribution in [3.63, 3.8) is 0 Å². The van der Waals surface area contributed by atoms with Crippen molar-refractivity contribution in [2.75, 3.05) is 14.1 Å². The first-order valence-electron chi connectivity index (χ1n) is 5.86. The Bertz CT molecular complexity index is 330. The van der Waals surface area contributed by atoms with Crippen LogP contribution in [0.15, 0.2) is 18.6 Å². The third-order valence-electron chi connectivity index (χ3n) is 3.84. The molecule has 0 bridgehead atoms. The topological polar surface area (TPSA) is 55.0 Å². The van der Waals surface area contributed by atoms with Crippen LogP contribution in [0.5, 0.6) is 0 Å². The van der Waals surface area contributed by atoms with Crippen molar-refractivity contribution < 1.29 is 0 Å². The third-order valence-corrected chi connectivity index (χ3v) is 3.84. The fraction of sp³-hybridized carbons (Fsp3) is 0.667. The van der Waals surface area contributed by atoms with Crippen LogP contribution in [0.1, 0.15) is 37.4 Å². The highest BCUT2D eigenvalue weighted by molar-refractivity contribution is 5.13. The van der Waals surface area contributed by atoms with Crippen LogP contribution in [-0.2, 0) is 0 Å². The summed E-state index contributed by atoms with van der Waals surface area (Å²) < 4.78 is 0. The SMILES string of the molecule is CN(C)C1(C(N)c2cnccn2)CCCC1. The number of aromatic nitrogens is 2. The molecule has 0 saturated heterocycles. The highest BCUT2D eigenvalue weighted by Gasteiger charge is 2.42.